The van der Waals surface area contributed by atoms with Crippen LogP contribution in [-0.4, -0.2) is 26.0 Å². The van der Waals surface area contributed by atoms with Crippen LogP contribution < -0.4 is 4.74 Å². The number of aryl methyl sites for hydroxylation is 1. The molecule has 0 N–H and O–H groups in total. The quantitative estimate of drug-likeness (QED) is 0.186. The predicted molar refractivity (Wildman–Crippen MR) is 208 cm³/mol. The molecule has 1 aliphatic heterocycles. The fourth-order valence-corrected chi connectivity index (χ4v) is 8.23. The Labute approximate surface area is 301 Å². The smallest absolute Gasteiger partial charge is 0.220 e. The molecule has 3 aromatic heterocycles. The van der Waals surface area contributed by atoms with E-state index in [-0.39, 0.29) is 16.2 Å². The van der Waals surface area contributed by atoms with E-state index in [0.29, 0.717) is 17.5 Å². The van der Waals surface area contributed by atoms with Gasteiger partial charge in [-0.1, -0.05) is 85.7 Å². The highest BCUT2D eigenvalue weighted by Crippen LogP contribution is 2.61. The van der Waals surface area contributed by atoms with Crippen molar-refractivity contribution in [1.82, 2.24) is 14.5 Å². The van der Waals surface area contributed by atoms with Gasteiger partial charge in [0, 0.05) is 45.8 Å². The molecule has 0 radical (unpaired) electrons. The summed E-state index contributed by atoms with van der Waals surface area (Å²) < 4.78 is 15.8. The van der Waals surface area contributed by atoms with E-state index >= 15 is 0 Å². The lowest BCUT2D eigenvalue weighted by Gasteiger charge is -2.41. The third-order valence-electron chi connectivity index (χ3n) is 11.7. The molecule has 0 bridgehead atoms. The van der Waals surface area contributed by atoms with Gasteiger partial charge >= 0.3 is 0 Å². The van der Waals surface area contributed by atoms with Crippen LogP contribution in [0.2, 0.25) is 0 Å². The number of hydrogen-bond acceptors (Lipinski definition) is 5. The Morgan fingerprint density at radius 2 is 1.41 bits per heavy atom. The van der Waals surface area contributed by atoms with Crippen molar-refractivity contribution >= 4 is 27.7 Å². The van der Waals surface area contributed by atoms with Crippen molar-refractivity contribution in [1.29, 1.82) is 0 Å². The molecule has 0 saturated carbocycles. The number of aromatic nitrogens is 3. The minimum absolute atomic E-state index is 0.0152. The molecule has 3 aromatic carbocycles. The van der Waals surface area contributed by atoms with Crippen LogP contribution in [0.25, 0.3) is 27.6 Å². The number of nitrogens with zero attached hydrogens (tertiary/aromatic N) is 4. The first kappa shape index (κ1) is 33.2. The fraction of sp³-hybridized carbons (Fsp3) is 0.356. The second-order valence-corrected chi connectivity index (χ2v) is 17.4. The first-order valence-corrected chi connectivity index (χ1v) is 18.0. The monoisotopic (exact) mass is 676 g/mol. The lowest BCUT2D eigenvalue weighted by atomic mass is 9.71. The van der Waals surface area contributed by atoms with Gasteiger partial charge in [0.2, 0.25) is 11.8 Å². The van der Waals surface area contributed by atoms with Crippen LogP contribution in [0.3, 0.4) is 0 Å². The molecule has 0 amide bonds. The van der Waals surface area contributed by atoms with Gasteiger partial charge in [0.05, 0.1) is 11.0 Å². The molecule has 51 heavy (non-hydrogen) atoms. The number of rotatable bonds is 4. The summed E-state index contributed by atoms with van der Waals surface area (Å²) in [5.41, 5.74) is 7.53. The van der Waals surface area contributed by atoms with E-state index < -0.39 is 11.1 Å². The molecule has 260 valence electrons. The van der Waals surface area contributed by atoms with Crippen molar-refractivity contribution in [2.24, 2.45) is 4.99 Å². The van der Waals surface area contributed by atoms with Crippen LogP contribution in [0.1, 0.15) is 103 Å². The van der Waals surface area contributed by atoms with Gasteiger partial charge < -0.3 is 9.47 Å². The average molecular weight is 677 g/mol. The Bertz CT molecular complexity index is 2420. The molecule has 0 spiro atoms. The maximum atomic E-state index is 6.90. The third-order valence-corrected chi connectivity index (χ3v) is 11.7. The molecule has 6 heteroatoms. The standard InChI is InChI=1S/C45H48N4O2/c1-27-22-28(40-48-44(10)35-15-13-12-14-34(35)43(8,9)45(44,11)51-40)23-39(47-27)50-31-17-18-32-33-24-29(41(2,3)4)16-19-36(33)49(37(32)26-31)38-25-30(20-21-46-38)42(5,6)7/h12-26H,1-11H3/t44-,45+/m1/s1. The summed E-state index contributed by atoms with van der Waals surface area (Å²) in [4.78, 5) is 15.0. The minimum Gasteiger partial charge on any atom is -0.467 e. The van der Waals surface area contributed by atoms with Crippen LogP contribution in [0.15, 0.2) is 96.1 Å². The Hall–Kier alpha value is -4.97. The third kappa shape index (κ3) is 4.93. The summed E-state index contributed by atoms with van der Waals surface area (Å²) in [7, 11) is 0. The normalized spacial score (nSPS) is 21.0. The summed E-state index contributed by atoms with van der Waals surface area (Å²) in [6, 6.07) is 30.0. The SMILES string of the molecule is Cc1cc(C2=N[C@]3(C)c4ccccc4C(C)(C)[C@]3(C)O2)cc(Oc2ccc3c4cc(C(C)(C)C)ccc4n(-c4cc(C(C)(C)C)ccn4)c3c2)n1. The summed E-state index contributed by atoms with van der Waals surface area (Å²) in [6.07, 6.45) is 1.91. The predicted octanol–water partition coefficient (Wildman–Crippen LogP) is 11.0. The maximum absolute atomic E-state index is 6.90. The van der Waals surface area contributed by atoms with E-state index in [2.05, 4.69) is 141 Å². The Morgan fingerprint density at radius 3 is 2.14 bits per heavy atom. The molecule has 0 fully saturated rings. The fourth-order valence-electron chi connectivity index (χ4n) is 8.23. The number of pyridine rings is 2. The van der Waals surface area contributed by atoms with Crippen LogP contribution in [0, 0.1) is 6.92 Å². The zero-order chi connectivity index (χ0) is 36.3. The largest absolute Gasteiger partial charge is 0.467 e. The second kappa shape index (κ2) is 10.8. The van der Waals surface area contributed by atoms with Crippen molar-refractivity contribution in [3.63, 3.8) is 0 Å². The number of fused-ring (bicyclic) bond motifs is 6. The van der Waals surface area contributed by atoms with Gasteiger partial charge in [0.25, 0.3) is 0 Å². The topological polar surface area (TPSA) is 61.5 Å². The molecule has 2 aliphatic rings. The average Bonchev–Trinajstić information content (AvgIpc) is 3.59. The summed E-state index contributed by atoms with van der Waals surface area (Å²) in [5.74, 6) is 2.69. The van der Waals surface area contributed by atoms with Gasteiger partial charge in [0.15, 0.2) is 0 Å². The number of ether oxygens (including phenoxy) is 2. The van der Waals surface area contributed by atoms with Gasteiger partial charge in [0.1, 0.15) is 22.7 Å². The van der Waals surface area contributed by atoms with E-state index in [1.807, 2.05) is 31.3 Å². The van der Waals surface area contributed by atoms with Gasteiger partial charge in [-0.2, -0.15) is 0 Å². The molecular weight excluding hydrogens is 629 g/mol. The van der Waals surface area contributed by atoms with Gasteiger partial charge in [-0.3, -0.25) is 4.57 Å². The minimum atomic E-state index is -0.555. The first-order valence-electron chi connectivity index (χ1n) is 18.0. The van der Waals surface area contributed by atoms with Crippen LogP contribution in [-0.2, 0) is 26.5 Å². The van der Waals surface area contributed by atoms with Crippen molar-refractivity contribution in [2.45, 2.75) is 104 Å². The molecule has 2 atom stereocenters. The highest BCUT2D eigenvalue weighted by atomic mass is 16.5. The molecule has 0 unspecified atom stereocenters. The lowest BCUT2D eigenvalue weighted by molar-refractivity contribution is -0.0136. The van der Waals surface area contributed by atoms with Crippen LogP contribution in [0.4, 0.5) is 0 Å². The van der Waals surface area contributed by atoms with Crippen LogP contribution >= 0.6 is 0 Å². The molecule has 8 rings (SSSR count). The van der Waals surface area contributed by atoms with Crippen molar-refractivity contribution < 1.29 is 9.47 Å². The molecule has 6 aromatic rings. The van der Waals surface area contributed by atoms with E-state index in [4.69, 9.17) is 24.4 Å². The molecular formula is C45H48N4O2. The van der Waals surface area contributed by atoms with Crippen molar-refractivity contribution in [3.05, 3.63) is 125 Å². The van der Waals surface area contributed by atoms with Crippen molar-refractivity contribution in [3.8, 4) is 17.4 Å². The van der Waals surface area contributed by atoms with Crippen LogP contribution in [0.5, 0.6) is 11.6 Å². The van der Waals surface area contributed by atoms with Gasteiger partial charge in [-0.25, -0.2) is 15.0 Å². The van der Waals surface area contributed by atoms with E-state index in [0.717, 1.165) is 33.5 Å². The van der Waals surface area contributed by atoms with E-state index in [1.54, 1.807) is 0 Å². The van der Waals surface area contributed by atoms with E-state index in [9.17, 15) is 0 Å². The zero-order valence-electron chi connectivity index (χ0n) is 31.8. The highest BCUT2D eigenvalue weighted by Gasteiger charge is 2.67. The van der Waals surface area contributed by atoms with E-state index in [1.165, 1.54) is 27.6 Å². The van der Waals surface area contributed by atoms with Crippen molar-refractivity contribution in [2.75, 3.05) is 0 Å². The first-order chi connectivity index (χ1) is 23.9. The number of hydrogen-bond donors (Lipinski definition) is 0. The van der Waals surface area contributed by atoms with Gasteiger partial charge in [-0.05, 0) is 96.3 Å². The molecule has 6 nitrogen and oxygen atoms in total. The van der Waals surface area contributed by atoms with Gasteiger partial charge in [-0.15, -0.1) is 0 Å². The summed E-state index contributed by atoms with van der Waals surface area (Å²) in [5, 5.41) is 2.34. The Balaban J connectivity index is 1.22. The number of aliphatic imine (C=N–C) groups is 1. The molecule has 0 saturated heterocycles. The molecule has 4 heterocycles. The Kier molecular flexibility index (Phi) is 7.01. The Morgan fingerprint density at radius 1 is 0.706 bits per heavy atom. The second-order valence-electron chi connectivity index (χ2n) is 17.4. The zero-order valence-corrected chi connectivity index (χ0v) is 31.8. The maximum Gasteiger partial charge on any atom is 0.220 e. The molecule has 1 aliphatic carbocycles. The summed E-state index contributed by atoms with van der Waals surface area (Å²) in [6.45, 7) is 24.4. The summed E-state index contributed by atoms with van der Waals surface area (Å²) >= 11 is 0. The lowest BCUT2D eigenvalue weighted by Crippen LogP contribution is -2.51. The highest BCUT2D eigenvalue weighted by molar-refractivity contribution is 6.09. The number of benzene rings is 3.